The van der Waals surface area contributed by atoms with Crippen LogP contribution in [-0.2, 0) is 10.9 Å². The van der Waals surface area contributed by atoms with Crippen molar-refractivity contribution >= 4 is 22.8 Å². The second kappa shape index (κ2) is 6.99. The van der Waals surface area contributed by atoms with Gasteiger partial charge in [-0.2, -0.15) is 18.3 Å². The van der Waals surface area contributed by atoms with Crippen molar-refractivity contribution in [2.75, 3.05) is 49.2 Å². The number of fused-ring (bicyclic) bond motifs is 1. The van der Waals surface area contributed by atoms with E-state index in [1.807, 2.05) is 16.5 Å². The molecule has 33 heavy (non-hydrogen) atoms. The maximum absolute atomic E-state index is 13.1. The van der Waals surface area contributed by atoms with Crippen molar-refractivity contribution in [2.45, 2.75) is 32.5 Å². The molecule has 6 rings (SSSR count). The molecule has 3 saturated heterocycles. The second-order valence-corrected chi connectivity index (χ2v) is 9.31. The number of nitrogens with zero attached hydrogens (tertiary/aromatic N) is 8. The van der Waals surface area contributed by atoms with Gasteiger partial charge in [0, 0.05) is 37.7 Å². The molecule has 0 unspecified atom stereocenters. The molecule has 0 saturated carbocycles. The lowest BCUT2D eigenvalue weighted by Crippen LogP contribution is -2.58. The molecule has 0 bridgehead atoms. The number of ether oxygens (including phenoxy) is 1. The van der Waals surface area contributed by atoms with E-state index in [0.29, 0.717) is 32.1 Å². The van der Waals surface area contributed by atoms with Crippen LogP contribution < -0.4 is 9.80 Å². The van der Waals surface area contributed by atoms with Crippen LogP contribution in [0.1, 0.15) is 29.7 Å². The monoisotopic (exact) mass is 460 g/mol. The van der Waals surface area contributed by atoms with Crippen molar-refractivity contribution in [1.29, 1.82) is 0 Å². The standard InChI is InChI=1S/C21H23F3N8O/c1-12-18-19(32(29-12)14-7-33-8-14)28-17(6-25-18)30-4-3-20(9-30)10-31(11-20)16-5-15(21(22,23)24)26-13(2)27-16/h5-6,14H,3-4,7-11H2,1-2H3. The molecular weight excluding hydrogens is 437 g/mol. The third kappa shape index (κ3) is 3.38. The summed E-state index contributed by atoms with van der Waals surface area (Å²) in [5, 5.41) is 4.60. The maximum Gasteiger partial charge on any atom is 0.433 e. The molecule has 0 radical (unpaired) electrons. The Morgan fingerprint density at radius 2 is 1.79 bits per heavy atom. The maximum atomic E-state index is 13.1. The van der Waals surface area contributed by atoms with Gasteiger partial charge in [0.15, 0.2) is 5.65 Å². The van der Waals surface area contributed by atoms with Gasteiger partial charge in [-0.15, -0.1) is 0 Å². The smallest absolute Gasteiger partial charge is 0.377 e. The predicted molar refractivity (Wildman–Crippen MR) is 113 cm³/mol. The number of aromatic nitrogens is 6. The highest BCUT2D eigenvalue weighted by Gasteiger charge is 2.49. The molecule has 3 aromatic heterocycles. The minimum Gasteiger partial charge on any atom is -0.377 e. The molecule has 1 spiro atoms. The number of rotatable bonds is 3. The summed E-state index contributed by atoms with van der Waals surface area (Å²) in [6.07, 6.45) is -1.76. The molecular formula is C21H23F3N8O. The first-order valence-electron chi connectivity index (χ1n) is 10.9. The summed E-state index contributed by atoms with van der Waals surface area (Å²) in [5.74, 6) is 1.26. The molecule has 0 aliphatic carbocycles. The number of hydrogen-bond donors (Lipinski definition) is 0. The average molecular weight is 460 g/mol. The van der Waals surface area contributed by atoms with Crippen molar-refractivity contribution in [1.82, 2.24) is 29.7 Å². The van der Waals surface area contributed by atoms with E-state index in [0.717, 1.165) is 48.3 Å². The van der Waals surface area contributed by atoms with Crippen molar-refractivity contribution in [3.05, 3.63) is 29.5 Å². The van der Waals surface area contributed by atoms with Crippen LogP contribution in [0.5, 0.6) is 0 Å². The summed E-state index contributed by atoms with van der Waals surface area (Å²) < 4.78 is 46.7. The Labute approximate surface area is 187 Å². The van der Waals surface area contributed by atoms with Crippen LogP contribution in [0.25, 0.3) is 11.2 Å². The van der Waals surface area contributed by atoms with Gasteiger partial charge >= 0.3 is 6.18 Å². The largest absolute Gasteiger partial charge is 0.433 e. The van der Waals surface area contributed by atoms with E-state index in [-0.39, 0.29) is 17.3 Å². The van der Waals surface area contributed by atoms with Gasteiger partial charge in [-0.1, -0.05) is 0 Å². The first-order chi connectivity index (χ1) is 15.7. The van der Waals surface area contributed by atoms with Gasteiger partial charge in [-0.3, -0.25) is 0 Å². The molecule has 174 valence electrons. The number of alkyl halides is 3. The van der Waals surface area contributed by atoms with E-state index in [1.54, 1.807) is 6.20 Å². The third-order valence-electron chi connectivity index (χ3n) is 6.78. The van der Waals surface area contributed by atoms with Crippen LogP contribution in [0.2, 0.25) is 0 Å². The summed E-state index contributed by atoms with van der Waals surface area (Å²) in [5.41, 5.74) is 1.53. The van der Waals surface area contributed by atoms with Gasteiger partial charge in [0.25, 0.3) is 0 Å². The van der Waals surface area contributed by atoms with Crippen LogP contribution in [0.4, 0.5) is 24.8 Å². The van der Waals surface area contributed by atoms with E-state index >= 15 is 0 Å². The first-order valence-corrected chi connectivity index (χ1v) is 10.9. The molecule has 0 amide bonds. The quantitative estimate of drug-likeness (QED) is 0.590. The molecule has 6 heterocycles. The first kappa shape index (κ1) is 20.6. The Balaban J connectivity index is 1.20. The number of hydrogen-bond acceptors (Lipinski definition) is 8. The fraction of sp³-hybridized carbons (Fsp3) is 0.571. The molecule has 0 atom stereocenters. The van der Waals surface area contributed by atoms with Crippen LogP contribution in [0.15, 0.2) is 12.3 Å². The second-order valence-electron chi connectivity index (χ2n) is 9.31. The molecule has 3 aliphatic heterocycles. The highest BCUT2D eigenvalue weighted by atomic mass is 19.4. The van der Waals surface area contributed by atoms with Gasteiger partial charge in [0.2, 0.25) is 0 Å². The van der Waals surface area contributed by atoms with E-state index in [4.69, 9.17) is 9.72 Å². The van der Waals surface area contributed by atoms with E-state index in [1.165, 1.54) is 6.92 Å². The molecule has 0 aromatic carbocycles. The van der Waals surface area contributed by atoms with Crippen molar-refractivity contribution < 1.29 is 17.9 Å². The zero-order valence-corrected chi connectivity index (χ0v) is 18.3. The van der Waals surface area contributed by atoms with Gasteiger partial charge in [-0.25, -0.2) is 24.6 Å². The topological polar surface area (TPSA) is 85.1 Å². The van der Waals surface area contributed by atoms with Crippen LogP contribution in [0.3, 0.4) is 0 Å². The van der Waals surface area contributed by atoms with Crippen LogP contribution >= 0.6 is 0 Å². The van der Waals surface area contributed by atoms with Gasteiger partial charge < -0.3 is 14.5 Å². The molecule has 3 aliphatic rings. The minimum atomic E-state index is -4.48. The SMILES string of the molecule is Cc1nc(N2CC3(CCN(c4cnc5c(C)nn(C6COC6)c5n4)C3)C2)cc(C(F)(F)F)n1. The molecule has 0 N–H and O–H groups in total. The van der Waals surface area contributed by atoms with Gasteiger partial charge in [0.1, 0.15) is 34.7 Å². The van der Waals surface area contributed by atoms with E-state index in [9.17, 15) is 13.2 Å². The summed E-state index contributed by atoms with van der Waals surface area (Å²) >= 11 is 0. The summed E-state index contributed by atoms with van der Waals surface area (Å²) in [7, 11) is 0. The highest BCUT2D eigenvalue weighted by Crippen LogP contribution is 2.43. The predicted octanol–water partition coefficient (Wildman–Crippen LogP) is 2.54. The Hall–Kier alpha value is -3.02. The van der Waals surface area contributed by atoms with E-state index < -0.39 is 11.9 Å². The zero-order chi connectivity index (χ0) is 23.0. The fourth-order valence-corrected chi connectivity index (χ4v) is 4.99. The fourth-order valence-electron chi connectivity index (χ4n) is 4.99. The lowest BCUT2D eigenvalue weighted by molar-refractivity contribution is -0.141. The summed E-state index contributed by atoms with van der Waals surface area (Å²) in [4.78, 5) is 21.4. The Morgan fingerprint density at radius 1 is 1.03 bits per heavy atom. The van der Waals surface area contributed by atoms with Gasteiger partial charge in [-0.05, 0) is 20.3 Å². The normalized spacial score (nSPS) is 20.5. The Bertz CT molecular complexity index is 1230. The number of halogens is 3. The van der Waals surface area contributed by atoms with Crippen molar-refractivity contribution in [3.8, 4) is 0 Å². The minimum absolute atomic E-state index is 0.00581. The van der Waals surface area contributed by atoms with Crippen molar-refractivity contribution in [3.63, 3.8) is 0 Å². The lowest BCUT2D eigenvalue weighted by Gasteiger charge is -2.48. The molecule has 12 heteroatoms. The average Bonchev–Trinajstić information content (AvgIpc) is 3.27. The van der Waals surface area contributed by atoms with Gasteiger partial charge in [0.05, 0.1) is 25.1 Å². The Kier molecular flexibility index (Phi) is 4.36. The summed E-state index contributed by atoms with van der Waals surface area (Å²) in [6.45, 7) is 7.59. The third-order valence-corrected chi connectivity index (χ3v) is 6.78. The molecule has 3 aromatic rings. The van der Waals surface area contributed by atoms with E-state index in [2.05, 4.69) is 25.0 Å². The number of aryl methyl sites for hydroxylation is 2. The van der Waals surface area contributed by atoms with Crippen LogP contribution in [0, 0.1) is 19.3 Å². The zero-order valence-electron chi connectivity index (χ0n) is 18.3. The van der Waals surface area contributed by atoms with Crippen LogP contribution in [-0.4, -0.2) is 69.1 Å². The highest BCUT2D eigenvalue weighted by molar-refractivity contribution is 5.75. The summed E-state index contributed by atoms with van der Waals surface area (Å²) in [6, 6.07) is 1.23. The lowest BCUT2D eigenvalue weighted by atomic mass is 9.79. The Morgan fingerprint density at radius 3 is 2.48 bits per heavy atom. The molecule has 3 fully saturated rings. The van der Waals surface area contributed by atoms with Crippen molar-refractivity contribution in [2.24, 2.45) is 5.41 Å². The number of anilines is 2. The molecule has 9 nitrogen and oxygen atoms in total.